The van der Waals surface area contributed by atoms with Crippen LogP contribution < -0.4 is 5.73 Å². The molecule has 1 rings (SSSR count). The molecule has 0 aliphatic rings. The van der Waals surface area contributed by atoms with Crippen molar-refractivity contribution in [1.82, 2.24) is 4.90 Å². The zero-order valence-electron chi connectivity index (χ0n) is 9.37. The molecule has 0 aliphatic carbocycles. The second-order valence-electron chi connectivity index (χ2n) is 3.46. The molecule has 0 saturated carbocycles. The summed E-state index contributed by atoms with van der Waals surface area (Å²) in [5.41, 5.74) is 6.64. The molecule has 1 aromatic rings. The maximum absolute atomic E-state index is 12.0. The molecule has 88 valence electrons. The van der Waals surface area contributed by atoms with E-state index in [0.29, 0.717) is 22.8 Å². The lowest BCUT2D eigenvalue weighted by molar-refractivity contribution is 0.0804. The number of nitrogens with zero attached hydrogens (tertiary/aromatic N) is 1. The number of halogens is 1. The van der Waals surface area contributed by atoms with Crippen molar-refractivity contribution < 1.29 is 4.79 Å². The lowest BCUT2D eigenvalue weighted by Gasteiger charge is -2.17. The second kappa shape index (κ2) is 6.01. The fraction of sp³-hybridized carbons (Fsp3) is 0.364. The van der Waals surface area contributed by atoms with Crippen molar-refractivity contribution in [1.29, 1.82) is 0 Å². The zero-order chi connectivity index (χ0) is 12.1. The number of rotatable bonds is 4. The van der Waals surface area contributed by atoms with E-state index in [2.05, 4.69) is 0 Å². The molecular weight excluding hydrogens is 244 g/mol. The molecule has 0 atom stereocenters. The van der Waals surface area contributed by atoms with Gasteiger partial charge in [-0.05, 0) is 24.5 Å². The minimum Gasteiger partial charge on any atom is -0.399 e. The minimum atomic E-state index is -0.0913. The summed E-state index contributed by atoms with van der Waals surface area (Å²) in [4.78, 5) is 13.7. The third-order valence-electron chi connectivity index (χ3n) is 2.20. The van der Waals surface area contributed by atoms with Gasteiger partial charge in [-0.2, -0.15) is 11.8 Å². The number of benzene rings is 1. The highest BCUT2D eigenvalue weighted by Gasteiger charge is 2.14. The average molecular weight is 259 g/mol. The standard InChI is InChI=1S/C11H15ClN2OS/c1-14(5-6-16-2)11(15)9-7-8(13)3-4-10(9)12/h3-4,7H,5-6,13H2,1-2H3. The summed E-state index contributed by atoms with van der Waals surface area (Å²) in [6, 6.07) is 4.94. The van der Waals surface area contributed by atoms with Crippen molar-refractivity contribution >= 4 is 35.0 Å². The number of anilines is 1. The van der Waals surface area contributed by atoms with Crippen LogP contribution in [0.15, 0.2) is 18.2 Å². The molecule has 0 radical (unpaired) electrons. The molecule has 1 amide bonds. The van der Waals surface area contributed by atoms with E-state index in [1.165, 1.54) is 0 Å². The fourth-order valence-corrected chi connectivity index (χ4v) is 1.90. The van der Waals surface area contributed by atoms with Crippen LogP contribution in [0.1, 0.15) is 10.4 Å². The van der Waals surface area contributed by atoms with Gasteiger partial charge in [0.1, 0.15) is 0 Å². The van der Waals surface area contributed by atoms with Gasteiger partial charge in [-0.1, -0.05) is 11.6 Å². The van der Waals surface area contributed by atoms with Gasteiger partial charge < -0.3 is 10.6 Å². The lowest BCUT2D eigenvalue weighted by atomic mass is 10.2. The van der Waals surface area contributed by atoms with Crippen LogP contribution in [0.3, 0.4) is 0 Å². The summed E-state index contributed by atoms with van der Waals surface area (Å²) in [6.07, 6.45) is 2.01. The molecule has 0 aromatic heterocycles. The summed E-state index contributed by atoms with van der Waals surface area (Å²) < 4.78 is 0. The van der Waals surface area contributed by atoms with Gasteiger partial charge in [0.15, 0.2) is 0 Å². The first kappa shape index (κ1) is 13.2. The predicted molar refractivity (Wildman–Crippen MR) is 71.2 cm³/mol. The Kier molecular flexibility index (Phi) is 4.96. The van der Waals surface area contributed by atoms with Crippen molar-refractivity contribution in [2.75, 3.05) is 31.3 Å². The Labute approximate surface area is 105 Å². The van der Waals surface area contributed by atoms with Gasteiger partial charge in [0.2, 0.25) is 0 Å². The zero-order valence-corrected chi connectivity index (χ0v) is 10.9. The average Bonchev–Trinajstić information content (AvgIpc) is 2.28. The van der Waals surface area contributed by atoms with Crippen LogP contribution in [0.2, 0.25) is 5.02 Å². The van der Waals surface area contributed by atoms with Crippen molar-refractivity contribution in [2.24, 2.45) is 0 Å². The van der Waals surface area contributed by atoms with Crippen LogP contribution in [0.25, 0.3) is 0 Å². The molecular formula is C11H15ClN2OS. The molecule has 1 aromatic carbocycles. The molecule has 0 saturated heterocycles. The van der Waals surface area contributed by atoms with E-state index in [1.807, 2.05) is 6.26 Å². The number of carbonyl (C=O) groups is 1. The van der Waals surface area contributed by atoms with Crippen LogP contribution in [-0.2, 0) is 0 Å². The SMILES string of the molecule is CSCCN(C)C(=O)c1cc(N)ccc1Cl. The number of nitrogen functional groups attached to an aromatic ring is 1. The molecule has 2 N–H and O–H groups in total. The van der Waals surface area contributed by atoms with E-state index < -0.39 is 0 Å². The van der Waals surface area contributed by atoms with Crippen molar-refractivity contribution in [3.63, 3.8) is 0 Å². The highest BCUT2D eigenvalue weighted by molar-refractivity contribution is 7.98. The fourth-order valence-electron chi connectivity index (χ4n) is 1.24. The monoisotopic (exact) mass is 258 g/mol. The summed E-state index contributed by atoms with van der Waals surface area (Å²) in [6.45, 7) is 0.700. The van der Waals surface area contributed by atoms with Gasteiger partial charge in [0, 0.05) is 25.0 Å². The molecule has 0 spiro atoms. The largest absolute Gasteiger partial charge is 0.399 e. The highest BCUT2D eigenvalue weighted by atomic mass is 35.5. The first-order chi connectivity index (χ1) is 7.56. The number of amides is 1. The molecule has 0 fully saturated rings. The van der Waals surface area contributed by atoms with E-state index in [0.717, 1.165) is 5.75 Å². The Balaban J connectivity index is 2.83. The molecule has 0 bridgehead atoms. The molecule has 0 aliphatic heterocycles. The quantitative estimate of drug-likeness (QED) is 0.844. The summed E-state index contributed by atoms with van der Waals surface area (Å²) in [7, 11) is 1.76. The first-order valence-corrected chi connectivity index (χ1v) is 6.63. The van der Waals surface area contributed by atoms with Gasteiger partial charge in [-0.15, -0.1) is 0 Å². The van der Waals surface area contributed by atoms with Crippen LogP contribution in [-0.4, -0.2) is 36.4 Å². The number of nitrogens with two attached hydrogens (primary N) is 1. The smallest absolute Gasteiger partial charge is 0.255 e. The lowest BCUT2D eigenvalue weighted by Crippen LogP contribution is -2.29. The Morgan fingerprint density at radius 2 is 2.25 bits per heavy atom. The normalized spacial score (nSPS) is 10.2. The van der Waals surface area contributed by atoms with E-state index in [1.54, 1.807) is 41.9 Å². The van der Waals surface area contributed by atoms with Gasteiger partial charge in [-0.25, -0.2) is 0 Å². The summed E-state index contributed by atoms with van der Waals surface area (Å²) >= 11 is 7.66. The number of thioether (sulfide) groups is 1. The number of carbonyl (C=O) groups excluding carboxylic acids is 1. The second-order valence-corrected chi connectivity index (χ2v) is 4.85. The third-order valence-corrected chi connectivity index (χ3v) is 3.12. The maximum Gasteiger partial charge on any atom is 0.255 e. The maximum atomic E-state index is 12.0. The van der Waals surface area contributed by atoms with Crippen molar-refractivity contribution in [3.8, 4) is 0 Å². The van der Waals surface area contributed by atoms with E-state index >= 15 is 0 Å². The van der Waals surface area contributed by atoms with Gasteiger partial charge in [-0.3, -0.25) is 4.79 Å². The number of hydrogen-bond acceptors (Lipinski definition) is 3. The Morgan fingerprint density at radius 3 is 2.88 bits per heavy atom. The Bertz CT molecular complexity index is 384. The van der Waals surface area contributed by atoms with Gasteiger partial charge in [0.25, 0.3) is 5.91 Å². The summed E-state index contributed by atoms with van der Waals surface area (Å²) in [5.74, 6) is 0.814. The van der Waals surface area contributed by atoms with Crippen LogP contribution in [0.4, 0.5) is 5.69 Å². The van der Waals surface area contributed by atoms with Crippen LogP contribution >= 0.6 is 23.4 Å². The number of hydrogen-bond donors (Lipinski definition) is 1. The van der Waals surface area contributed by atoms with Gasteiger partial charge >= 0.3 is 0 Å². The highest BCUT2D eigenvalue weighted by Crippen LogP contribution is 2.20. The predicted octanol–water partition coefficient (Wildman–Crippen LogP) is 2.36. The minimum absolute atomic E-state index is 0.0913. The Morgan fingerprint density at radius 1 is 1.56 bits per heavy atom. The van der Waals surface area contributed by atoms with E-state index in [9.17, 15) is 4.79 Å². The molecule has 5 heteroatoms. The Hall–Kier alpha value is -0.870. The first-order valence-electron chi connectivity index (χ1n) is 4.85. The van der Waals surface area contributed by atoms with Crippen molar-refractivity contribution in [3.05, 3.63) is 28.8 Å². The van der Waals surface area contributed by atoms with Crippen molar-refractivity contribution in [2.45, 2.75) is 0 Å². The van der Waals surface area contributed by atoms with Gasteiger partial charge in [0.05, 0.1) is 10.6 Å². The van der Waals surface area contributed by atoms with Crippen LogP contribution in [0, 0.1) is 0 Å². The van der Waals surface area contributed by atoms with Crippen LogP contribution in [0.5, 0.6) is 0 Å². The van der Waals surface area contributed by atoms with E-state index in [-0.39, 0.29) is 5.91 Å². The molecule has 0 heterocycles. The molecule has 16 heavy (non-hydrogen) atoms. The topological polar surface area (TPSA) is 46.3 Å². The summed E-state index contributed by atoms with van der Waals surface area (Å²) in [5, 5.41) is 0.440. The molecule has 0 unspecified atom stereocenters. The van der Waals surface area contributed by atoms with E-state index in [4.69, 9.17) is 17.3 Å². The third kappa shape index (κ3) is 3.32. The molecule has 3 nitrogen and oxygen atoms in total.